The molecule has 3 rings (SSSR count). The largest absolute Gasteiger partial charge is 0.376 e. The standard InChI is InChI=1S/C13H20N6O/c1-2-8-18(10-11-5-3-4-9-20-11)13-7-6-12-14-16-17-19(12)15-13/h6-7,11H,2-5,8-10H2,1H3. The number of fused-ring (bicyclic) bond motifs is 1. The highest BCUT2D eigenvalue weighted by molar-refractivity contribution is 5.44. The van der Waals surface area contributed by atoms with Crippen molar-refractivity contribution in [1.29, 1.82) is 0 Å². The van der Waals surface area contributed by atoms with E-state index in [1.165, 1.54) is 17.5 Å². The minimum Gasteiger partial charge on any atom is -0.376 e. The number of ether oxygens (including phenoxy) is 1. The highest BCUT2D eigenvalue weighted by Gasteiger charge is 2.19. The number of rotatable bonds is 5. The van der Waals surface area contributed by atoms with E-state index in [1.54, 1.807) is 0 Å². The van der Waals surface area contributed by atoms with Crippen molar-refractivity contribution in [3.63, 3.8) is 0 Å². The van der Waals surface area contributed by atoms with E-state index in [0.717, 1.165) is 38.4 Å². The summed E-state index contributed by atoms with van der Waals surface area (Å²) in [4.78, 5) is 2.26. The predicted molar refractivity (Wildman–Crippen MR) is 74.7 cm³/mol. The van der Waals surface area contributed by atoms with Crippen LogP contribution in [0.2, 0.25) is 0 Å². The molecule has 0 N–H and O–H groups in total. The molecule has 1 fully saturated rings. The molecular formula is C13H20N6O. The zero-order valence-corrected chi connectivity index (χ0v) is 11.8. The topological polar surface area (TPSA) is 68.4 Å². The normalized spacial score (nSPS) is 19.4. The summed E-state index contributed by atoms with van der Waals surface area (Å²) in [5.74, 6) is 0.904. The molecule has 1 saturated heterocycles. The Hall–Kier alpha value is -1.76. The van der Waals surface area contributed by atoms with Gasteiger partial charge in [0, 0.05) is 19.7 Å². The van der Waals surface area contributed by atoms with Gasteiger partial charge in [-0.1, -0.05) is 6.92 Å². The van der Waals surface area contributed by atoms with Crippen molar-refractivity contribution >= 4 is 11.5 Å². The van der Waals surface area contributed by atoms with Crippen molar-refractivity contribution in [1.82, 2.24) is 25.3 Å². The molecule has 0 aliphatic carbocycles. The lowest BCUT2D eigenvalue weighted by Crippen LogP contribution is -2.37. The molecule has 1 aliphatic rings. The molecule has 2 aromatic heterocycles. The monoisotopic (exact) mass is 276 g/mol. The minimum absolute atomic E-state index is 0.307. The quantitative estimate of drug-likeness (QED) is 0.820. The van der Waals surface area contributed by atoms with Gasteiger partial charge in [0.15, 0.2) is 11.5 Å². The first kappa shape index (κ1) is 13.2. The van der Waals surface area contributed by atoms with Crippen LogP contribution in [0.5, 0.6) is 0 Å². The molecule has 108 valence electrons. The van der Waals surface area contributed by atoms with Crippen molar-refractivity contribution in [3.8, 4) is 0 Å². The predicted octanol–water partition coefficient (Wildman–Crippen LogP) is 1.30. The van der Waals surface area contributed by atoms with Gasteiger partial charge >= 0.3 is 0 Å². The summed E-state index contributed by atoms with van der Waals surface area (Å²) in [6.45, 7) is 4.89. The van der Waals surface area contributed by atoms with Crippen molar-refractivity contribution in [3.05, 3.63) is 12.1 Å². The number of hydrogen-bond donors (Lipinski definition) is 0. The molecule has 20 heavy (non-hydrogen) atoms. The van der Waals surface area contributed by atoms with Gasteiger partial charge in [0.25, 0.3) is 0 Å². The smallest absolute Gasteiger partial charge is 0.200 e. The van der Waals surface area contributed by atoms with Crippen LogP contribution in [0.3, 0.4) is 0 Å². The second-order valence-electron chi connectivity index (χ2n) is 5.15. The average Bonchev–Trinajstić information content (AvgIpc) is 2.95. The van der Waals surface area contributed by atoms with E-state index in [0.29, 0.717) is 11.8 Å². The fraction of sp³-hybridized carbons (Fsp3) is 0.692. The average molecular weight is 276 g/mol. The zero-order chi connectivity index (χ0) is 13.8. The molecule has 0 amide bonds. The van der Waals surface area contributed by atoms with Gasteiger partial charge < -0.3 is 9.64 Å². The van der Waals surface area contributed by atoms with E-state index >= 15 is 0 Å². The molecule has 0 saturated carbocycles. The Labute approximate surface area is 117 Å². The number of aromatic nitrogens is 5. The SMILES string of the molecule is CCCN(CC1CCCCO1)c1ccc2nnnn2n1. The Balaban J connectivity index is 1.77. The third-order valence-electron chi connectivity index (χ3n) is 3.57. The summed E-state index contributed by atoms with van der Waals surface area (Å²) in [7, 11) is 0. The van der Waals surface area contributed by atoms with E-state index in [-0.39, 0.29) is 0 Å². The maximum Gasteiger partial charge on any atom is 0.200 e. The number of tetrazole rings is 1. The van der Waals surface area contributed by atoms with Crippen molar-refractivity contribution < 1.29 is 4.74 Å². The lowest BCUT2D eigenvalue weighted by molar-refractivity contribution is 0.0209. The van der Waals surface area contributed by atoms with Crippen LogP contribution in [0.1, 0.15) is 32.6 Å². The first-order valence-electron chi connectivity index (χ1n) is 7.29. The first-order chi connectivity index (χ1) is 9.86. The van der Waals surface area contributed by atoms with Crippen LogP contribution < -0.4 is 4.90 Å². The van der Waals surface area contributed by atoms with Crippen LogP contribution in [-0.4, -0.2) is 51.1 Å². The van der Waals surface area contributed by atoms with Gasteiger partial charge in [-0.3, -0.25) is 0 Å². The second-order valence-corrected chi connectivity index (χ2v) is 5.15. The molecule has 0 bridgehead atoms. The lowest BCUT2D eigenvalue weighted by atomic mass is 10.1. The first-order valence-corrected chi connectivity index (χ1v) is 7.29. The fourth-order valence-electron chi connectivity index (χ4n) is 2.58. The van der Waals surface area contributed by atoms with Gasteiger partial charge in [-0.25, -0.2) is 0 Å². The van der Waals surface area contributed by atoms with E-state index < -0.39 is 0 Å². The highest BCUT2D eigenvalue weighted by Crippen LogP contribution is 2.18. The van der Waals surface area contributed by atoms with Gasteiger partial charge in [-0.05, 0) is 48.2 Å². The Kier molecular flexibility index (Phi) is 4.05. The van der Waals surface area contributed by atoms with Gasteiger partial charge in [0.2, 0.25) is 0 Å². The Morgan fingerprint density at radius 3 is 3.15 bits per heavy atom. The molecule has 7 heteroatoms. The van der Waals surface area contributed by atoms with Crippen LogP contribution in [0.15, 0.2) is 12.1 Å². The molecule has 7 nitrogen and oxygen atoms in total. The number of anilines is 1. The molecule has 0 aromatic carbocycles. The maximum atomic E-state index is 5.83. The summed E-state index contributed by atoms with van der Waals surface area (Å²) in [6.07, 6.45) is 4.94. The van der Waals surface area contributed by atoms with E-state index in [2.05, 4.69) is 32.4 Å². The van der Waals surface area contributed by atoms with Gasteiger partial charge in [0.1, 0.15) is 0 Å². The number of hydrogen-bond acceptors (Lipinski definition) is 6. The Morgan fingerprint density at radius 1 is 1.40 bits per heavy atom. The Bertz CT molecular complexity index is 551. The fourth-order valence-corrected chi connectivity index (χ4v) is 2.58. The molecule has 2 aromatic rings. The Morgan fingerprint density at radius 2 is 2.35 bits per heavy atom. The van der Waals surface area contributed by atoms with E-state index in [4.69, 9.17) is 4.74 Å². The van der Waals surface area contributed by atoms with Gasteiger partial charge in [-0.2, -0.15) is 0 Å². The second kappa shape index (κ2) is 6.13. The summed E-state index contributed by atoms with van der Waals surface area (Å²) in [6, 6.07) is 3.87. The van der Waals surface area contributed by atoms with Crippen molar-refractivity contribution in [2.75, 3.05) is 24.6 Å². The highest BCUT2D eigenvalue weighted by atomic mass is 16.5. The van der Waals surface area contributed by atoms with Crippen molar-refractivity contribution in [2.45, 2.75) is 38.7 Å². The minimum atomic E-state index is 0.307. The molecule has 0 spiro atoms. The van der Waals surface area contributed by atoms with Gasteiger partial charge in [-0.15, -0.1) is 14.8 Å². The summed E-state index contributed by atoms with van der Waals surface area (Å²) >= 11 is 0. The van der Waals surface area contributed by atoms with E-state index in [9.17, 15) is 0 Å². The summed E-state index contributed by atoms with van der Waals surface area (Å²) in [5.41, 5.74) is 0.666. The number of nitrogens with zero attached hydrogens (tertiary/aromatic N) is 6. The lowest BCUT2D eigenvalue weighted by Gasteiger charge is -2.30. The van der Waals surface area contributed by atoms with Crippen molar-refractivity contribution in [2.24, 2.45) is 0 Å². The van der Waals surface area contributed by atoms with Crippen LogP contribution in [0, 0.1) is 0 Å². The van der Waals surface area contributed by atoms with Crippen LogP contribution in [0.4, 0.5) is 5.82 Å². The van der Waals surface area contributed by atoms with E-state index in [1.807, 2.05) is 12.1 Å². The summed E-state index contributed by atoms with van der Waals surface area (Å²) < 4.78 is 7.30. The van der Waals surface area contributed by atoms with Crippen LogP contribution in [0.25, 0.3) is 5.65 Å². The zero-order valence-electron chi connectivity index (χ0n) is 11.8. The molecule has 1 aliphatic heterocycles. The summed E-state index contributed by atoms with van der Waals surface area (Å²) in [5, 5.41) is 15.8. The third kappa shape index (κ3) is 2.87. The molecular weight excluding hydrogens is 256 g/mol. The maximum absolute atomic E-state index is 5.83. The van der Waals surface area contributed by atoms with Gasteiger partial charge in [0.05, 0.1) is 6.10 Å². The van der Waals surface area contributed by atoms with Crippen LogP contribution in [-0.2, 0) is 4.74 Å². The third-order valence-corrected chi connectivity index (χ3v) is 3.57. The van der Waals surface area contributed by atoms with Crippen LogP contribution >= 0.6 is 0 Å². The molecule has 3 heterocycles. The molecule has 1 unspecified atom stereocenters. The molecule has 1 atom stereocenters. The molecule has 0 radical (unpaired) electrons.